The third-order valence-corrected chi connectivity index (χ3v) is 11.0. The summed E-state index contributed by atoms with van der Waals surface area (Å²) in [6, 6.07) is 0. The third kappa shape index (κ3) is 4.74. The van der Waals surface area contributed by atoms with Gasteiger partial charge in [0.25, 0.3) is 0 Å². The van der Waals surface area contributed by atoms with Gasteiger partial charge in [0, 0.05) is 6.42 Å². The molecular weight excluding hydrogens is 662 g/mol. The number of ether oxygens (including phenoxy) is 3. The molecule has 4 saturated heterocycles. The first-order chi connectivity index (χ1) is 21.0. The van der Waals surface area contributed by atoms with E-state index in [2.05, 4.69) is 42.2 Å². The number of nitrogen functional groups attached to an aromatic ring is 2. The second-order valence-electron chi connectivity index (χ2n) is 10.6. The molecule has 8 heterocycles. The summed E-state index contributed by atoms with van der Waals surface area (Å²) in [6.07, 6.45) is 0.534. The first-order valence-electron chi connectivity index (χ1n) is 13.1. The van der Waals surface area contributed by atoms with E-state index >= 15 is 0 Å². The Hall–Kier alpha value is -2.39. The van der Waals surface area contributed by atoms with Gasteiger partial charge in [-0.3, -0.25) is 22.7 Å². The Balaban J connectivity index is 1.12. The molecule has 5 N–H and O–H groups in total. The van der Waals surface area contributed by atoms with Gasteiger partial charge < -0.3 is 35.1 Å². The third-order valence-electron chi connectivity index (χ3n) is 7.85. The Labute approximate surface area is 257 Å². The van der Waals surface area contributed by atoms with Gasteiger partial charge in [-0.1, -0.05) is 12.2 Å². The number of fused-ring (bicyclic) bond motifs is 4. The topological polar surface area (TPSA) is 241 Å². The number of anilines is 2. The van der Waals surface area contributed by atoms with E-state index in [0.717, 1.165) is 0 Å². The normalized spacial score (nSPS) is 39.2. The summed E-state index contributed by atoms with van der Waals surface area (Å²) in [7, 11) is 0. The maximum Gasteiger partial charge on any atom is 0.386 e. The zero-order chi connectivity index (χ0) is 30.4. The van der Waals surface area contributed by atoms with E-state index in [1.807, 2.05) is 0 Å². The van der Waals surface area contributed by atoms with Crippen LogP contribution in [0.25, 0.3) is 22.3 Å². The Kier molecular flexibility index (Phi) is 6.81. The summed E-state index contributed by atoms with van der Waals surface area (Å²) in [6.45, 7) is -8.62. The lowest BCUT2D eigenvalue weighted by atomic mass is 10.0. The fourth-order valence-corrected chi connectivity index (χ4v) is 8.88. The Morgan fingerprint density at radius 1 is 0.955 bits per heavy atom. The van der Waals surface area contributed by atoms with Gasteiger partial charge in [0.15, 0.2) is 35.4 Å². The van der Waals surface area contributed by atoms with Crippen LogP contribution in [0.3, 0.4) is 0 Å². The standard InChI is InChI=1S/C21H24N10O9P2S2/c22-15-11-17(26-5-24-15)30(7-28-11)19-10-1-9(37-19)2-35-41(32,43)40-14-13-20(31-8-29-12-16(23)25-6-27-18(12)31)38-21(14,3-34-13)4-36-42(33,44)39-10/h5-10,13-14,19-20H,1-4H2,(H,32,43)(H,33,44)(H2,22,24,26)(H2,23,25,27)/t9?,10-,13-,14+,19-,20-,21-,41?,42?/m1/s1. The minimum atomic E-state index is -4.10. The molecule has 23 heteroatoms. The molecule has 0 saturated carbocycles. The molecule has 0 amide bonds. The SMILES string of the molecule is Nc1ncnc2c1ncn2[C@@H]1O[C@@]23CO[C@@H]1[C@@H]2OP(O)(=S)OCC1C[C@@H](OP(=O)(S)OC3)[C@H](n2cnc3c(N)ncnc32)O1. The second kappa shape index (κ2) is 10.3. The van der Waals surface area contributed by atoms with Crippen LogP contribution in [0.2, 0.25) is 0 Å². The van der Waals surface area contributed by atoms with E-state index in [4.69, 9.17) is 55.6 Å². The van der Waals surface area contributed by atoms with E-state index in [1.165, 1.54) is 25.3 Å². The van der Waals surface area contributed by atoms with Crippen molar-refractivity contribution in [3.05, 3.63) is 25.3 Å². The van der Waals surface area contributed by atoms with Crippen LogP contribution in [-0.4, -0.2) is 93.8 Å². The van der Waals surface area contributed by atoms with Gasteiger partial charge >= 0.3 is 13.5 Å². The number of nitrogens with two attached hydrogens (primary N) is 2. The number of imidazole rings is 2. The molecule has 0 aromatic carbocycles. The molecular formula is C21H24N10O9P2S2. The summed E-state index contributed by atoms with van der Waals surface area (Å²) in [4.78, 5) is 36.2. The summed E-state index contributed by atoms with van der Waals surface area (Å²) < 4.78 is 59.1. The Morgan fingerprint density at radius 3 is 2.30 bits per heavy atom. The van der Waals surface area contributed by atoms with Gasteiger partial charge in [-0.2, -0.15) is 0 Å². The molecule has 4 fully saturated rings. The van der Waals surface area contributed by atoms with Crippen LogP contribution < -0.4 is 11.5 Å². The highest BCUT2D eigenvalue weighted by atomic mass is 32.7. The largest absolute Gasteiger partial charge is 0.386 e. The van der Waals surface area contributed by atoms with Gasteiger partial charge in [0.1, 0.15) is 47.6 Å². The highest BCUT2D eigenvalue weighted by Crippen LogP contribution is 2.61. The van der Waals surface area contributed by atoms with E-state index in [-0.39, 0.29) is 37.9 Å². The lowest BCUT2D eigenvalue weighted by Crippen LogP contribution is -2.45. The summed E-state index contributed by atoms with van der Waals surface area (Å²) in [5, 5.41) is 0. The highest BCUT2D eigenvalue weighted by Gasteiger charge is 2.65. The lowest BCUT2D eigenvalue weighted by molar-refractivity contribution is -0.182. The van der Waals surface area contributed by atoms with Crippen LogP contribution in [-0.2, 0) is 48.7 Å². The van der Waals surface area contributed by atoms with Crippen molar-refractivity contribution in [2.24, 2.45) is 0 Å². The van der Waals surface area contributed by atoms with Crippen molar-refractivity contribution in [2.45, 2.75) is 48.9 Å². The number of thiol groups is 1. The molecule has 19 nitrogen and oxygen atoms in total. The molecule has 4 bridgehead atoms. The molecule has 44 heavy (non-hydrogen) atoms. The van der Waals surface area contributed by atoms with Gasteiger partial charge in [-0.25, -0.2) is 34.5 Å². The van der Waals surface area contributed by atoms with Gasteiger partial charge in [-0.15, -0.1) is 0 Å². The van der Waals surface area contributed by atoms with Crippen molar-refractivity contribution in [3.8, 4) is 0 Å². The smallest absolute Gasteiger partial charge is 0.382 e. The molecule has 4 aromatic rings. The van der Waals surface area contributed by atoms with Crippen molar-refractivity contribution in [1.82, 2.24) is 39.0 Å². The fourth-order valence-electron chi connectivity index (χ4n) is 5.89. The fraction of sp³-hybridized carbons (Fsp3) is 0.524. The van der Waals surface area contributed by atoms with E-state index in [0.29, 0.717) is 22.3 Å². The van der Waals surface area contributed by atoms with Crippen LogP contribution in [0.5, 0.6) is 0 Å². The number of aromatic nitrogens is 8. The minimum Gasteiger partial charge on any atom is -0.382 e. The molecule has 0 aliphatic carbocycles. The van der Waals surface area contributed by atoms with Gasteiger partial charge in [0.05, 0.1) is 38.6 Å². The molecule has 3 unspecified atom stereocenters. The van der Waals surface area contributed by atoms with Crippen molar-refractivity contribution in [2.75, 3.05) is 31.3 Å². The Bertz CT molecular complexity index is 1880. The molecule has 4 aliphatic heterocycles. The first kappa shape index (κ1) is 29.0. The van der Waals surface area contributed by atoms with Crippen LogP contribution >= 0.6 is 25.8 Å². The van der Waals surface area contributed by atoms with Crippen molar-refractivity contribution >= 4 is 71.5 Å². The van der Waals surface area contributed by atoms with E-state index in [1.54, 1.807) is 9.13 Å². The van der Waals surface area contributed by atoms with E-state index in [9.17, 15) is 9.46 Å². The van der Waals surface area contributed by atoms with Crippen LogP contribution in [0.1, 0.15) is 18.9 Å². The average Bonchev–Trinajstić information content (AvgIpc) is 3.79. The second-order valence-corrected chi connectivity index (χ2v) is 16.2. The predicted molar refractivity (Wildman–Crippen MR) is 155 cm³/mol. The molecule has 0 radical (unpaired) electrons. The maximum absolute atomic E-state index is 13.7. The molecule has 4 aliphatic rings. The lowest BCUT2D eigenvalue weighted by Gasteiger charge is -2.33. The summed E-state index contributed by atoms with van der Waals surface area (Å²) in [5.41, 5.74) is 12.0. The summed E-state index contributed by atoms with van der Waals surface area (Å²) in [5.74, 6) is 0.355. The number of hydrogen-bond acceptors (Lipinski definition) is 17. The number of rotatable bonds is 2. The Morgan fingerprint density at radius 2 is 1.61 bits per heavy atom. The molecule has 0 spiro atoms. The quantitative estimate of drug-likeness (QED) is 0.169. The van der Waals surface area contributed by atoms with Crippen molar-refractivity contribution in [1.29, 1.82) is 0 Å². The number of hydrogen-bond donors (Lipinski definition) is 4. The molecule has 8 rings (SSSR count). The first-order valence-corrected chi connectivity index (χ1v) is 18.4. The van der Waals surface area contributed by atoms with Crippen LogP contribution in [0.4, 0.5) is 11.6 Å². The number of nitrogens with zero attached hydrogens (tertiary/aromatic N) is 8. The monoisotopic (exact) mass is 686 g/mol. The maximum atomic E-state index is 13.7. The van der Waals surface area contributed by atoms with Gasteiger partial charge in [0.2, 0.25) is 0 Å². The molecule has 234 valence electrons. The van der Waals surface area contributed by atoms with Gasteiger partial charge in [-0.05, 0) is 11.8 Å². The minimum absolute atomic E-state index is 0.0500. The zero-order valence-electron chi connectivity index (χ0n) is 22.3. The van der Waals surface area contributed by atoms with Crippen LogP contribution in [0, 0.1) is 0 Å². The van der Waals surface area contributed by atoms with E-state index < -0.39 is 56.0 Å². The molecule has 9 atom stereocenters. The zero-order valence-corrected chi connectivity index (χ0v) is 25.8. The van der Waals surface area contributed by atoms with Crippen LogP contribution in [0.15, 0.2) is 25.3 Å². The van der Waals surface area contributed by atoms with Crippen molar-refractivity contribution < 1.29 is 41.8 Å². The average molecular weight is 687 g/mol. The summed E-state index contributed by atoms with van der Waals surface area (Å²) >= 11 is 9.67. The molecule has 4 aromatic heterocycles. The predicted octanol–water partition coefficient (Wildman–Crippen LogP) is 0.856. The van der Waals surface area contributed by atoms with Crippen molar-refractivity contribution in [3.63, 3.8) is 0 Å². The highest BCUT2D eigenvalue weighted by molar-refractivity contribution is 8.44.